The molecular weight excluding hydrogens is 292 g/mol. The summed E-state index contributed by atoms with van der Waals surface area (Å²) in [5.41, 5.74) is 0.935. The molecule has 0 bridgehead atoms. The van der Waals surface area contributed by atoms with Gasteiger partial charge in [-0.25, -0.2) is 0 Å². The molecule has 0 aliphatic rings. The normalized spacial score (nSPS) is 10.4. The molecule has 1 aromatic carbocycles. The maximum Gasteiger partial charge on any atom is 0.269 e. The fraction of sp³-hybridized carbons (Fsp3) is 0.333. The van der Waals surface area contributed by atoms with Gasteiger partial charge >= 0.3 is 0 Å². The first-order valence-corrected chi connectivity index (χ1v) is 6.70. The zero-order valence-corrected chi connectivity index (χ0v) is 12.9. The highest BCUT2D eigenvalue weighted by molar-refractivity contribution is 5.85. The van der Waals surface area contributed by atoms with E-state index in [1.54, 1.807) is 12.1 Å². The molecule has 0 aliphatic heterocycles. The number of hydrogen-bond acceptors (Lipinski definition) is 4. The number of nitro benzene ring substituents is 1. The van der Waals surface area contributed by atoms with E-state index < -0.39 is 4.92 Å². The Morgan fingerprint density at radius 1 is 1.10 bits per heavy atom. The van der Waals surface area contributed by atoms with Crippen molar-refractivity contribution in [3.63, 3.8) is 0 Å². The monoisotopic (exact) mass is 310 g/mol. The predicted molar refractivity (Wildman–Crippen MR) is 84.7 cm³/mol. The van der Waals surface area contributed by atoms with Crippen LogP contribution in [0.4, 0.5) is 5.69 Å². The Balaban J connectivity index is 0.00000220. The van der Waals surface area contributed by atoms with Crippen molar-refractivity contribution in [1.29, 1.82) is 0 Å². The van der Waals surface area contributed by atoms with Crippen LogP contribution in [0.1, 0.15) is 19.6 Å². The van der Waals surface area contributed by atoms with Gasteiger partial charge in [0, 0.05) is 17.7 Å². The fourth-order valence-electron chi connectivity index (χ4n) is 2.03. The lowest BCUT2D eigenvalue weighted by Crippen LogP contribution is -2.21. The Hall–Kier alpha value is -1.85. The van der Waals surface area contributed by atoms with E-state index in [1.165, 1.54) is 12.1 Å². The zero-order chi connectivity index (χ0) is 14.5. The Bertz CT molecular complexity index is 577. The molecule has 0 N–H and O–H groups in total. The Labute approximate surface area is 130 Å². The smallest absolute Gasteiger partial charge is 0.269 e. The summed E-state index contributed by atoms with van der Waals surface area (Å²) in [4.78, 5) is 12.5. The van der Waals surface area contributed by atoms with Gasteiger partial charge in [0.15, 0.2) is 0 Å². The molecule has 0 fully saturated rings. The summed E-state index contributed by atoms with van der Waals surface area (Å²) in [6.45, 7) is 6.96. The largest absolute Gasteiger partial charge is 0.460 e. The molecule has 5 nitrogen and oxygen atoms in total. The van der Waals surface area contributed by atoms with Gasteiger partial charge in [-0.05, 0) is 37.4 Å². The van der Waals surface area contributed by atoms with Gasteiger partial charge in [-0.3, -0.25) is 15.0 Å². The molecule has 2 aromatic rings. The summed E-state index contributed by atoms with van der Waals surface area (Å²) < 4.78 is 5.79. The van der Waals surface area contributed by atoms with Crippen molar-refractivity contribution < 1.29 is 9.34 Å². The quantitative estimate of drug-likeness (QED) is 0.595. The number of benzene rings is 1. The highest BCUT2D eigenvalue weighted by atomic mass is 35.5. The lowest BCUT2D eigenvalue weighted by atomic mass is 10.1. The third-order valence-electron chi connectivity index (χ3n) is 3.30. The van der Waals surface area contributed by atoms with Crippen molar-refractivity contribution in [2.45, 2.75) is 20.4 Å². The zero-order valence-electron chi connectivity index (χ0n) is 12.1. The lowest BCUT2D eigenvalue weighted by molar-refractivity contribution is -0.384. The second-order valence-electron chi connectivity index (χ2n) is 4.53. The molecule has 0 amide bonds. The van der Waals surface area contributed by atoms with Crippen LogP contribution in [0.2, 0.25) is 0 Å². The molecule has 6 heteroatoms. The van der Waals surface area contributed by atoms with Gasteiger partial charge in [-0.1, -0.05) is 13.8 Å². The molecule has 0 saturated heterocycles. The van der Waals surface area contributed by atoms with E-state index in [0.29, 0.717) is 0 Å². The first-order chi connectivity index (χ1) is 9.63. The van der Waals surface area contributed by atoms with E-state index in [0.717, 1.165) is 36.7 Å². The van der Waals surface area contributed by atoms with Crippen LogP contribution in [0.25, 0.3) is 11.3 Å². The molecule has 2 rings (SSSR count). The van der Waals surface area contributed by atoms with Gasteiger partial charge < -0.3 is 4.42 Å². The minimum atomic E-state index is -0.405. The topological polar surface area (TPSA) is 59.5 Å². The third kappa shape index (κ3) is 4.31. The molecule has 1 aromatic heterocycles. The van der Waals surface area contributed by atoms with Crippen molar-refractivity contribution in [3.05, 3.63) is 52.3 Å². The van der Waals surface area contributed by atoms with Gasteiger partial charge in [0.2, 0.25) is 0 Å². The molecule has 0 spiro atoms. The van der Waals surface area contributed by atoms with Crippen LogP contribution < -0.4 is 0 Å². The number of nitrogens with zero attached hydrogens (tertiary/aromatic N) is 2. The Morgan fingerprint density at radius 3 is 2.24 bits per heavy atom. The van der Waals surface area contributed by atoms with Crippen molar-refractivity contribution in [1.82, 2.24) is 4.90 Å². The van der Waals surface area contributed by atoms with Gasteiger partial charge in [-0.2, -0.15) is 0 Å². The number of halogens is 1. The van der Waals surface area contributed by atoms with Crippen LogP contribution in [0.15, 0.2) is 40.8 Å². The molecule has 0 saturated carbocycles. The Kier molecular flexibility index (Phi) is 6.39. The molecule has 0 aliphatic carbocycles. The van der Waals surface area contributed by atoms with Crippen LogP contribution in [0.5, 0.6) is 0 Å². The van der Waals surface area contributed by atoms with Crippen molar-refractivity contribution >= 4 is 18.1 Å². The first-order valence-electron chi connectivity index (χ1n) is 6.70. The van der Waals surface area contributed by atoms with E-state index in [-0.39, 0.29) is 18.1 Å². The van der Waals surface area contributed by atoms with Gasteiger partial charge in [0.05, 0.1) is 11.5 Å². The predicted octanol–water partition coefficient (Wildman–Crippen LogP) is 4.12. The maximum atomic E-state index is 10.6. The van der Waals surface area contributed by atoms with Crippen LogP contribution in [0, 0.1) is 10.1 Å². The van der Waals surface area contributed by atoms with E-state index in [2.05, 4.69) is 18.7 Å². The van der Waals surface area contributed by atoms with E-state index in [4.69, 9.17) is 4.42 Å². The lowest BCUT2D eigenvalue weighted by Gasteiger charge is -2.15. The van der Waals surface area contributed by atoms with E-state index in [9.17, 15) is 10.1 Å². The van der Waals surface area contributed by atoms with Crippen LogP contribution in [0.3, 0.4) is 0 Å². The van der Waals surface area contributed by atoms with Crippen LogP contribution in [-0.4, -0.2) is 22.9 Å². The molecule has 0 atom stereocenters. The first kappa shape index (κ1) is 17.2. The molecule has 21 heavy (non-hydrogen) atoms. The SMILES string of the molecule is CCN(CC)Cc1ccc(-c2ccc([N+](=O)[O-])cc2)o1.Cl. The summed E-state index contributed by atoms with van der Waals surface area (Å²) in [6, 6.07) is 10.2. The average Bonchev–Trinajstić information content (AvgIpc) is 2.93. The highest BCUT2D eigenvalue weighted by Crippen LogP contribution is 2.25. The van der Waals surface area contributed by atoms with E-state index >= 15 is 0 Å². The van der Waals surface area contributed by atoms with Crippen molar-refractivity contribution in [2.75, 3.05) is 13.1 Å². The summed E-state index contributed by atoms with van der Waals surface area (Å²) >= 11 is 0. The maximum absolute atomic E-state index is 10.6. The third-order valence-corrected chi connectivity index (χ3v) is 3.30. The molecule has 114 valence electrons. The number of furan rings is 1. The summed E-state index contributed by atoms with van der Waals surface area (Å²) in [5, 5.41) is 10.6. The van der Waals surface area contributed by atoms with E-state index in [1.807, 2.05) is 12.1 Å². The summed E-state index contributed by atoms with van der Waals surface area (Å²) in [5.74, 6) is 1.64. The second-order valence-corrected chi connectivity index (χ2v) is 4.53. The standard InChI is InChI=1S/C15H18N2O3.ClH/c1-3-16(4-2)11-14-9-10-15(20-14)12-5-7-13(8-6-12)17(18)19;/h5-10H,3-4,11H2,1-2H3;1H. The second kappa shape index (κ2) is 7.81. The minimum Gasteiger partial charge on any atom is -0.460 e. The van der Waals surface area contributed by atoms with Gasteiger partial charge in [0.1, 0.15) is 11.5 Å². The number of rotatable bonds is 6. The number of hydrogen-bond donors (Lipinski definition) is 0. The fourth-order valence-corrected chi connectivity index (χ4v) is 2.03. The molecular formula is C15H19ClN2O3. The average molecular weight is 311 g/mol. The van der Waals surface area contributed by atoms with Gasteiger partial charge in [0.25, 0.3) is 5.69 Å². The molecule has 1 heterocycles. The summed E-state index contributed by atoms with van der Waals surface area (Å²) in [6.07, 6.45) is 0. The van der Waals surface area contributed by atoms with Crippen molar-refractivity contribution in [3.8, 4) is 11.3 Å². The Morgan fingerprint density at radius 2 is 1.71 bits per heavy atom. The number of non-ortho nitro benzene ring substituents is 1. The summed E-state index contributed by atoms with van der Waals surface area (Å²) in [7, 11) is 0. The van der Waals surface area contributed by atoms with Crippen LogP contribution in [-0.2, 0) is 6.54 Å². The number of nitro groups is 1. The van der Waals surface area contributed by atoms with Crippen LogP contribution >= 0.6 is 12.4 Å². The van der Waals surface area contributed by atoms with Crippen molar-refractivity contribution in [2.24, 2.45) is 0 Å². The molecule has 0 radical (unpaired) electrons. The minimum absolute atomic E-state index is 0. The highest BCUT2D eigenvalue weighted by Gasteiger charge is 2.09. The molecule has 0 unspecified atom stereocenters. The van der Waals surface area contributed by atoms with Gasteiger partial charge in [-0.15, -0.1) is 12.4 Å².